The summed E-state index contributed by atoms with van der Waals surface area (Å²) in [7, 11) is -5.72. The van der Waals surface area contributed by atoms with Gasteiger partial charge in [-0.2, -0.15) is 8.78 Å². The molecule has 0 aliphatic heterocycles. The van der Waals surface area contributed by atoms with E-state index in [9.17, 15) is 26.5 Å². The van der Waals surface area contributed by atoms with Gasteiger partial charge in [-0.1, -0.05) is 19.3 Å². The first kappa shape index (κ1) is 16.1. The lowest BCUT2D eigenvalue weighted by molar-refractivity contribution is 0.0428. The standard InChI is InChI=1S/C10H17F2NO5S/c11-10(12,19(15,16)17)6-7-18-9(14)13-8-4-2-1-3-5-8/h8H,1-7H2,(H,13,14)(H,15,16,17)/p-1. The summed E-state index contributed by atoms with van der Waals surface area (Å²) in [5.74, 6) is 0. The number of hydrogen-bond acceptors (Lipinski definition) is 5. The highest BCUT2D eigenvalue weighted by molar-refractivity contribution is 7.86. The quantitative estimate of drug-likeness (QED) is 0.778. The number of alkyl carbamates (subject to hydrolysis) is 1. The van der Waals surface area contributed by atoms with Gasteiger partial charge in [-0.05, 0) is 12.8 Å². The van der Waals surface area contributed by atoms with Gasteiger partial charge in [-0.15, -0.1) is 0 Å². The zero-order chi connectivity index (χ0) is 14.5. The molecule has 0 saturated heterocycles. The molecule has 1 fully saturated rings. The average Bonchev–Trinajstić information content (AvgIpc) is 2.28. The van der Waals surface area contributed by atoms with Crippen LogP contribution in [0.5, 0.6) is 0 Å². The Labute approximate surface area is 110 Å². The van der Waals surface area contributed by atoms with Gasteiger partial charge in [0.15, 0.2) is 10.1 Å². The number of rotatable bonds is 5. The molecule has 0 bridgehead atoms. The van der Waals surface area contributed by atoms with Crippen molar-refractivity contribution in [3.63, 3.8) is 0 Å². The number of nitrogens with one attached hydrogen (secondary N) is 1. The lowest BCUT2D eigenvalue weighted by Crippen LogP contribution is -2.37. The number of hydrogen-bond donors (Lipinski definition) is 1. The molecule has 1 N–H and O–H groups in total. The predicted octanol–water partition coefficient (Wildman–Crippen LogP) is 1.57. The maximum Gasteiger partial charge on any atom is 0.407 e. The first-order chi connectivity index (χ1) is 8.72. The molecule has 1 saturated carbocycles. The van der Waals surface area contributed by atoms with E-state index < -0.39 is 34.5 Å². The Morgan fingerprint density at radius 2 is 1.89 bits per heavy atom. The smallest absolute Gasteiger partial charge is 0.407 e. The van der Waals surface area contributed by atoms with Gasteiger partial charge in [0.1, 0.15) is 0 Å². The number of ether oxygens (including phenoxy) is 1. The van der Waals surface area contributed by atoms with Crippen LogP contribution in [0.25, 0.3) is 0 Å². The molecule has 1 amide bonds. The molecule has 1 aliphatic carbocycles. The van der Waals surface area contributed by atoms with E-state index >= 15 is 0 Å². The fourth-order valence-corrected chi connectivity index (χ4v) is 2.18. The van der Waals surface area contributed by atoms with Crippen LogP contribution in [0.1, 0.15) is 38.5 Å². The van der Waals surface area contributed by atoms with Crippen LogP contribution in [0, 0.1) is 0 Å². The Hall–Kier alpha value is -0.960. The summed E-state index contributed by atoms with van der Waals surface area (Å²) in [6, 6.07) is -0.0370. The summed E-state index contributed by atoms with van der Waals surface area (Å²) in [5, 5.41) is -1.91. The van der Waals surface area contributed by atoms with Crippen molar-refractivity contribution in [1.29, 1.82) is 0 Å². The van der Waals surface area contributed by atoms with Crippen LogP contribution in [0.2, 0.25) is 0 Å². The second-order valence-electron chi connectivity index (χ2n) is 4.46. The molecule has 0 heterocycles. The highest BCUT2D eigenvalue weighted by Gasteiger charge is 2.37. The van der Waals surface area contributed by atoms with Crippen LogP contribution in [-0.4, -0.2) is 37.0 Å². The van der Waals surface area contributed by atoms with Crippen LogP contribution in [0.4, 0.5) is 13.6 Å². The van der Waals surface area contributed by atoms with Gasteiger partial charge in [0, 0.05) is 6.04 Å². The zero-order valence-corrected chi connectivity index (χ0v) is 11.0. The molecule has 0 atom stereocenters. The molecule has 0 unspecified atom stereocenters. The number of amides is 1. The molecule has 1 rings (SSSR count). The van der Waals surface area contributed by atoms with Gasteiger partial charge in [-0.25, -0.2) is 13.2 Å². The van der Waals surface area contributed by atoms with Crippen molar-refractivity contribution in [2.45, 2.75) is 49.8 Å². The Bertz CT molecular complexity index is 406. The minimum absolute atomic E-state index is 0.0370. The highest BCUT2D eigenvalue weighted by atomic mass is 32.2. The summed E-state index contributed by atoms with van der Waals surface area (Å²) in [6.45, 7) is -0.826. The molecular formula is C10H16F2NO5S-. The van der Waals surface area contributed by atoms with Gasteiger partial charge >= 0.3 is 11.3 Å². The molecule has 6 nitrogen and oxygen atoms in total. The summed E-state index contributed by atoms with van der Waals surface area (Å²) in [4.78, 5) is 11.2. The van der Waals surface area contributed by atoms with Crippen LogP contribution >= 0.6 is 0 Å². The molecule has 0 aromatic carbocycles. The summed E-state index contributed by atoms with van der Waals surface area (Å²) in [5.41, 5.74) is 0. The van der Waals surface area contributed by atoms with Gasteiger partial charge < -0.3 is 14.6 Å². The van der Waals surface area contributed by atoms with Crippen molar-refractivity contribution in [3.8, 4) is 0 Å². The lowest BCUT2D eigenvalue weighted by atomic mass is 9.96. The third-order valence-corrected chi connectivity index (χ3v) is 3.85. The van der Waals surface area contributed by atoms with Crippen LogP contribution in [-0.2, 0) is 14.9 Å². The second-order valence-corrected chi connectivity index (χ2v) is 5.96. The predicted molar refractivity (Wildman–Crippen MR) is 60.6 cm³/mol. The van der Waals surface area contributed by atoms with E-state index in [0.29, 0.717) is 0 Å². The molecule has 0 radical (unpaired) electrons. The Kier molecular flexibility index (Phi) is 5.48. The number of carbonyl (C=O) groups excluding carboxylic acids is 1. The van der Waals surface area contributed by atoms with E-state index in [1.54, 1.807) is 0 Å². The molecule has 1 aliphatic rings. The molecule has 9 heteroatoms. The van der Waals surface area contributed by atoms with Crippen molar-refractivity contribution in [2.75, 3.05) is 6.61 Å². The minimum Gasteiger partial charge on any atom is -0.743 e. The molecule has 0 aromatic rings. The summed E-state index contributed by atoms with van der Waals surface area (Å²) in [6.07, 6.45) is 2.47. The van der Waals surface area contributed by atoms with Crippen molar-refractivity contribution >= 4 is 16.2 Å². The largest absolute Gasteiger partial charge is 0.743 e. The van der Waals surface area contributed by atoms with Gasteiger partial charge in [0.25, 0.3) is 0 Å². The summed E-state index contributed by atoms with van der Waals surface area (Å²) < 4.78 is 60.4. The van der Waals surface area contributed by atoms with Crippen molar-refractivity contribution in [3.05, 3.63) is 0 Å². The van der Waals surface area contributed by atoms with Crippen LogP contribution in [0.3, 0.4) is 0 Å². The third-order valence-electron chi connectivity index (χ3n) is 2.92. The van der Waals surface area contributed by atoms with Gasteiger partial charge in [0.05, 0.1) is 13.0 Å². The fourth-order valence-electron chi connectivity index (χ4n) is 1.84. The Balaban J connectivity index is 2.27. The van der Waals surface area contributed by atoms with E-state index in [4.69, 9.17) is 0 Å². The Morgan fingerprint density at radius 1 is 1.32 bits per heavy atom. The molecular weight excluding hydrogens is 284 g/mol. The van der Waals surface area contributed by atoms with E-state index in [1.807, 2.05) is 0 Å². The first-order valence-corrected chi connectivity index (χ1v) is 7.40. The monoisotopic (exact) mass is 300 g/mol. The number of carbonyl (C=O) groups is 1. The maximum absolute atomic E-state index is 12.7. The second kappa shape index (κ2) is 6.47. The van der Waals surface area contributed by atoms with Gasteiger partial charge in [0.2, 0.25) is 0 Å². The average molecular weight is 300 g/mol. The molecule has 0 aromatic heterocycles. The van der Waals surface area contributed by atoms with Gasteiger partial charge in [-0.3, -0.25) is 0 Å². The molecule has 19 heavy (non-hydrogen) atoms. The number of halogens is 2. The van der Waals surface area contributed by atoms with Crippen molar-refractivity contribution < 1.29 is 31.3 Å². The Morgan fingerprint density at radius 3 is 2.42 bits per heavy atom. The normalized spacial score (nSPS) is 18.1. The summed E-state index contributed by atoms with van der Waals surface area (Å²) >= 11 is 0. The van der Waals surface area contributed by atoms with E-state index in [0.717, 1.165) is 32.1 Å². The van der Waals surface area contributed by atoms with Crippen LogP contribution < -0.4 is 5.32 Å². The fraction of sp³-hybridized carbons (Fsp3) is 0.900. The first-order valence-electron chi connectivity index (χ1n) is 5.99. The van der Waals surface area contributed by atoms with E-state index in [1.165, 1.54) is 0 Å². The van der Waals surface area contributed by atoms with Crippen molar-refractivity contribution in [2.24, 2.45) is 0 Å². The van der Waals surface area contributed by atoms with Crippen LogP contribution in [0.15, 0.2) is 0 Å². The van der Waals surface area contributed by atoms with Crippen molar-refractivity contribution in [1.82, 2.24) is 5.32 Å². The lowest BCUT2D eigenvalue weighted by Gasteiger charge is -2.23. The third kappa shape index (κ3) is 5.27. The zero-order valence-electron chi connectivity index (χ0n) is 10.2. The molecule has 0 spiro atoms. The highest BCUT2D eigenvalue weighted by Crippen LogP contribution is 2.24. The minimum atomic E-state index is -5.72. The maximum atomic E-state index is 12.7. The van der Waals surface area contributed by atoms with E-state index in [2.05, 4.69) is 10.1 Å². The van der Waals surface area contributed by atoms with E-state index in [-0.39, 0.29) is 6.04 Å². The SMILES string of the molecule is O=C(NC1CCCCC1)OCCC(F)(F)S(=O)(=O)[O-]. The number of alkyl halides is 2. The molecule has 112 valence electrons. The topological polar surface area (TPSA) is 95.5 Å².